The Morgan fingerprint density at radius 1 is 0.970 bits per heavy atom. The first-order chi connectivity index (χ1) is 16.3. The maximum Gasteiger partial charge on any atom is 0.191 e. The summed E-state index contributed by atoms with van der Waals surface area (Å²) < 4.78 is 8.36. The summed E-state index contributed by atoms with van der Waals surface area (Å²) in [6.45, 7) is 4.91. The number of likely N-dealkylation sites (tertiary alicyclic amines) is 1. The van der Waals surface area contributed by atoms with Crippen LogP contribution in [-0.2, 0) is 24.2 Å². The van der Waals surface area contributed by atoms with E-state index in [1.807, 2.05) is 30.2 Å². The summed E-state index contributed by atoms with van der Waals surface area (Å²) in [5.74, 6) is 2.64. The maximum atomic E-state index is 5.98. The highest BCUT2D eigenvalue weighted by molar-refractivity contribution is 7.99. The normalized spacial score (nSPS) is 19.8. The Kier molecular flexibility index (Phi) is 7.71. The molecule has 5 rings (SSSR count). The zero-order chi connectivity index (χ0) is 22.3. The molecule has 0 N–H and O–H groups in total. The van der Waals surface area contributed by atoms with E-state index in [2.05, 4.69) is 55.9 Å². The molecule has 3 aromatic rings. The van der Waals surface area contributed by atoms with Crippen molar-refractivity contribution in [3.63, 3.8) is 0 Å². The number of nitrogens with zero attached hydrogens (tertiary/aromatic N) is 5. The lowest BCUT2D eigenvalue weighted by atomic mass is 9.95. The van der Waals surface area contributed by atoms with Gasteiger partial charge in [0, 0.05) is 37.2 Å². The van der Waals surface area contributed by atoms with Crippen LogP contribution >= 0.6 is 11.8 Å². The third-order valence-corrected chi connectivity index (χ3v) is 7.67. The van der Waals surface area contributed by atoms with Crippen molar-refractivity contribution in [2.45, 2.75) is 62.4 Å². The Hall–Kier alpha value is -2.22. The van der Waals surface area contributed by atoms with E-state index in [0.717, 1.165) is 81.6 Å². The van der Waals surface area contributed by atoms with Gasteiger partial charge in [0.2, 0.25) is 0 Å². The van der Waals surface area contributed by atoms with E-state index in [1.54, 1.807) is 0 Å². The third kappa shape index (κ3) is 6.02. The fourth-order valence-electron chi connectivity index (χ4n) is 4.88. The lowest BCUT2D eigenvalue weighted by Gasteiger charge is -2.31. The Morgan fingerprint density at radius 2 is 1.82 bits per heavy atom. The molecular formula is C26H33N5OS. The lowest BCUT2D eigenvalue weighted by molar-refractivity contribution is 0.0931. The molecule has 0 aliphatic carbocycles. The van der Waals surface area contributed by atoms with Gasteiger partial charge in [0.1, 0.15) is 5.82 Å². The number of aryl methyl sites for hydroxylation is 1. The smallest absolute Gasteiger partial charge is 0.191 e. The molecular weight excluding hydrogens is 430 g/mol. The fourth-order valence-corrected chi connectivity index (χ4v) is 5.82. The summed E-state index contributed by atoms with van der Waals surface area (Å²) in [6.07, 6.45) is 9.69. The molecule has 174 valence electrons. The van der Waals surface area contributed by atoms with Gasteiger partial charge in [0.05, 0.1) is 12.6 Å². The van der Waals surface area contributed by atoms with Crippen LogP contribution in [0.1, 0.15) is 48.6 Å². The Labute approximate surface area is 200 Å². The van der Waals surface area contributed by atoms with Gasteiger partial charge in [0.25, 0.3) is 0 Å². The third-order valence-electron chi connectivity index (χ3n) is 6.70. The van der Waals surface area contributed by atoms with Gasteiger partial charge in [-0.2, -0.15) is 0 Å². The quantitative estimate of drug-likeness (QED) is 0.434. The van der Waals surface area contributed by atoms with Crippen LogP contribution in [0, 0.1) is 0 Å². The van der Waals surface area contributed by atoms with Crippen LogP contribution in [0.5, 0.6) is 0 Å². The van der Waals surface area contributed by atoms with E-state index in [0.29, 0.717) is 12.0 Å². The van der Waals surface area contributed by atoms with E-state index >= 15 is 0 Å². The molecule has 0 bridgehead atoms. The Morgan fingerprint density at radius 3 is 2.58 bits per heavy atom. The van der Waals surface area contributed by atoms with Gasteiger partial charge in [-0.25, -0.2) is 0 Å². The van der Waals surface area contributed by atoms with Crippen molar-refractivity contribution < 1.29 is 4.74 Å². The van der Waals surface area contributed by atoms with Crippen LogP contribution in [0.2, 0.25) is 0 Å². The van der Waals surface area contributed by atoms with Crippen molar-refractivity contribution in [3.8, 4) is 0 Å². The van der Waals surface area contributed by atoms with Crippen molar-refractivity contribution >= 4 is 11.8 Å². The summed E-state index contributed by atoms with van der Waals surface area (Å²) >= 11 is 1.83. The second-order valence-corrected chi connectivity index (χ2v) is 10.1. The number of thioether (sulfide) groups is 1. The molecule has 2 aromatic heterocycles. The van der Waals surface area contributed by atoms with Gasteiger partial charge in [-0.15, -0.1) is 10.2 Å². The molecule has 2 saturated heterocycles. The monoisotopic (exact) mass is 463 g/mol. The molecule has 0 spiro atoms. The maximum absolute atomic E-state index is 5.98. The Bertz CT molecular complexity index is 982. The number of rotatable bonds is 9. The minimum absolute atomic E-state index is 0.291. The summed E-state index contributed by atoms with van der Waals surface area (Å²) in [5.41, 5.74) is 2.66. The number of hydrogen-bond acceptors (Lipinski definition) is 6. The zero-order valence-corrected chi connectivity index (χ0v) is 20.0. The van der Waals surface area contributed by atoms with Crippen molar-refractivity contribution in [1.82, 2.24) is 24.6 Å². The van der Waals surface area contributed by atoms with Crippen LogP contribution in [0.15, 0.2) is 60.0 Å². The number of ether oxygens (including phenoxy) is 1. The van der Waals surface area contributed by atoms with Gasteiger partial charge in [-0.05, 0) is 62.4 Å². The summed E-state index contributed by atoms with van der Waals surface area (Å²) in [6, 6.07) is 14.9. The second-order valence-electron chi connectivity index (χ2n) is 9.08. The molecule has 1 aromatic carbocycles. The average molecular weight is 464 g/mol. The van der Waals surface area contributed by atoms with Crippen LogP contribution in [0.3, 0.4) is 0 Å². The molecule has 2 aliphatic rings. The van der Waals surface area contributed by atoms with Crippen molar-refractivity contribution in [2.75, 3.05) is 25.4 Å². The molecule has 7 heteroatoms. The van der Waals surface area contributed by atoms with E-state index in [1.165, 1.54) is 11.1 Å². The minimum Gasteiger partial charge on any atom is -0.376 e. The average Bonchev–Trinajstić information content (AvgIpc) is 3.52. The predicted molar refractivity (Wildman–Crippen MR) is 131 cm³/mol. The zero-order valence-electron chi connectivity index (χ0n) is 19.2. The molecule has 0 unspecified atom stereocenters. The van der Waals surface area contributed by atoms with E-state index in [9.17, 15) is 0 Å². The predicted octanol–water partition coefficient (Wildman–Crippen LogP) is 4.57. The standard InChI is InChI=1S/C26H33N5OS/c1-2-6-21(7-3-1)12-17-33-26-29-28-25(31(26)20-24-9-5-16-32-24)23-10-14-30(15-11-23)19-22-8-4-13-27-18-22/h1-4,6-8,13,18,23-24H,5,9-12,14-17,19-20H2/t24-/m0/s1. The van der Waals surface area contributed by atoms with E-state index in [-0.39, 0.29) is 0 Å². The van der Waals surface area contributed by atoms with Crippen molar-refractivity contribution in [1.29, 1.82) is 0 Å². The first kappa shape index (κ1) is 22.6. The first-order valence-corrected chi connectivity index (χ1v) is 13.2. The molecule has 1 atom stereocenters. The number of aromatic nitrogens is 4. The molecule has 2 aliphatic heterocycles. The number of pyridine rings is 1. The number of benzene rings is 1. The SMILES string of the molecule is c1ccc(CCSc2nnc(C3CCN(Cc4cccnc4)CC3)n2C[C@@H]2CCCO2)cc1. The molecule has 0 amide bonds. The van der Waals surface area contributed by atoms with Crippen LogP contribution in [0.25, 0.3) is 0 Å². The molecule has 33 heavy (non-hydrogen) atoms. The summed E-state index contributed by atoms with van der Waals surface area (Å²) in [4.78, 5) is 6.79. The lowest BCUT2D eigenvalue weighted by Crippen LogP contribution is -2.33. The minimum atomic E-state index is 0.291. The highest BCUT2D eigenvalue weighted by Crippen LogP contribution is 2.31. The van der Waals surface area contributed by atoms with Crippen LogP contribution in [-0.4, -0.2) is 56.2 Å². The molecule has 0 saturated carbocycles. The van der Waals surface area contributed by atoms with Crippen LogP contribution < -0.4 is 0 Å². The highest BCUT2D eigenvalue weighted by Gasteiger charge is 2.28. The van der Waals surface area contributed by atoms with Crippen LogP contribution in [0.4, 0.5) is 0 Å². The topological polar surface area (TPSA) is 56.1 Å². The molecule has 2 fully saturated rings. The van der Waals surface area contributed by atoms with Gasteiger partial charge in [-0.1, -0.05) is 48.2 Å². The molecule has 4 heterocycles. The number of hydrogen-bond donors (Lipinski definition) is 0. The van der Waals surface area contributed by atoms with Gasteiger partial charge < -0.3 is 9.30 Å². The van der Waals surface area contributed by atoms with Crippen molar-refractivity contribution in [3.05, 3.63) is 71.8 Å². The highest BCUT2D eigenvalue weighted by atomic mass is 32.2. The second kappa shape index (κ2) is 11.3. The largest absolute Gasteiger partial charge is 0.376 e. The van der Waals surface area contributed by atoms with Crippen molar-refractivity contribution in [2.24, 2.45) is 0 Å². The van der Waals surface area contributed by atoms with Gasteiger partial charge in [0.15, 0.2) is 5.16 Å². The summed E-state index contributed by atoms with van der Waals surface area (Å²) in [5, 5.41) is 10.4. The van der Waals surface area contributed by atoms with E-state index in [4.69, 9.17) is 9.84 Å². The molecule has 0 radical (unpaired) electrons. The summed E-state index contributed by atoms with van der Waals surface area (Å²) in [7, 11) is 0. The van der Waals surface area contributed by atoms with E-state index < -0.39 is 0 Å². The van der Waals surface area contributed by atoms with Gasteiger partial charge in [-0.3, -0.25) is 9.88 Å². The molecule has 6 nitrogen and oxygen atoms in total. The van der Waals surface area contributed by atoms with Gasteiger partial charge >= 0.3 is 0 Å². The Balaban J connectivity index is 1.23. The number of piperidine rings is 1. The first-order valence-electron chi connectivity index (χ1n) is 12.2. The fraction of sp³-hybridized carbons (Fsp3) is 0.500.